The first-order valence-electron chi connectivity index (χ1n) is 4.63. The van der Waals surface area contributed by atoms with E-state index in [2.05, 4.69) is 9.44 Å². The van der Waals surface area contributed by atoms with Crippen LogP contribution in [0.25, 0.3) is 0 Å². The molecule has 13 heavy (non-hydrogen) atoms. The van der Waals surface area contributed by atoms with Gasteiger partial charge in [0.15, 0.2) is 0 Å². The van der Waals surface area contributed by atoms with Crippen LogP contribution in [0.1, 0.15) is 12.8 Å². The Morgan fingerprint density at radius 1 is 1.62 bits per heavy atom. The van der Waals surface area contributed by atoms with Gasteiger partial charge in [-0.3, -0.25) is 4.79 Å². The topological polar surface area (TPSA) is 61.4 Å². The molecule has 0 amide bonds. The van der Waals surface area contributed by atoms with Crippen LogP contribution < -0.4 is 9.44 Å². The molecule has 1 aliphatic heterocycles. The quantitative estimate of drug-likeness (QED) is 0.529. The van der Waals surface area contributed by atoms with E-state index in [4.69, 9.17) is 5.11 Å². The SMILES string of the molecule is O=C(O)C1C2CCC3(CNSN3)C21. The summed E-state index contributed by atoms with van der Waals surface area (Å²) in [6, 6.07) is 0. The molecule has 4 nitrogen and oxygen atoms in total. The molecule has 0 bridgehead atoms. The van der Waals surface area contributed by atoms with Crippen LogP contribution in [0.15, 0.2) is 0 Å². The van der Waals surface area contributed by atoms with Crippen molar-refractivity contribution in [2.45, 2.75) is 18.4 Å². The maximum atomic E-state index is 10.9. The Morgan fingerprint density at radius 2 is 2.46 bits per heavy atom. The number of rotatable bonds is 1. The summed E-state index contributed by atoms with van der Waals surface area (Å²) in [4.78, 5) is 10.9. The predicted molar refractivity (Wildman–Crippen MR) is 48.8 cm³/mol. The minimum atomic E-state index is -0.604. The molecule has 0 aromatic carbocycles. The first-order valence-corrected chi connectivity index (χ1v) is 5.45. The Morgan fingerprint density at radius 3 is 3.00 bits per heavy atom. The second-order valence-corrected chi connectivity index (χ2v) is 4.97. The highest BCUT2D eigenvalue weighted by Gasteiger charge is 2.69. The standard InChI is InChI=1S/C8H12N2O2S/c11-7(12)5-4-1-2-8(6(4)5)3-9-13-10-8/h4-6,9-10H,1-3H2,(H,11,12). The number of carbonyl (C=O) groups is 1. The molecule has 3 fully saturated rings. The number of nitrogens with one attached hydrogen (secondary N) is 2. The molecule has 3 N–H and O–H groups in total. The van der Waals surface area contributed by atoms with Gasteiger partial charge in [0.2, 0.25) is 0 Å². The number of hydrogen-bond donors (Lipinski definition) is 3. The van der Waals surface area contributed by atoms with Gasteiger partial charge in [0.25, 0.3) is 0 Å². The van der Waals surface area contributed by atoms with E-state index in [9.17, 15) is 4.79 Å². The number of carboxylic acid groups (broad SMARTS) is 1. The summed E-state index contributed by atoms with van der Waals surface area (Å²) >= 11 is 1.52. The molecular formula is C8H12N2O2S. The number of fused-ring (bicyclic) bond motifs is 2. The molecule has 3 rings (SSSR count). The van der Waals surface area contributed by atoms with Gasteiger partial charge in [-0.15, -0.1) is 0 Å². The summed E-state index contributed by atoms with van der Waals surface area (Å²) in [6.07, 6.45) is 2.21. The normalized spacial score (nSPS) is 52.5. The van der Waals surface area contributed by atoms with Crippen molar-refractivity contribution in [3.63, 3.8) is 0 Å². The van der Waals surface area contributed by atoms with E-state index in [0.29, 0.717) is 11.8 Å². The number of hydrogen-bond acceptors (Lipinski definition) is 4. The number of carboxylic acids is 1. The molecule has 1 heterocycles. The Kier molecular flexibility index (Phi) is 1.49. The van der Waals surface area contributed by atoms with Gasteiger partial charge in [0, 0.05) is 24.2 Å². The van der Waals surface area contributed by atoms with Crippen LogP contribution in [0.4, 0.5) is 0 Å². The highest BCUT2D eigenvalue weighted by atomic mass is 32.2. The third-order valence-electron chi connectivity index (χ3n) is 3.73. The lowest BCUT2D eigenvalue weighted by molar-refractivity contribution is -0.139. The van der Waals surface area contributed by atoms with Crippen LogP contribution >= 0.6 is 12.1 Å². The summed E-state index contributed by atoms with van der Waals surface area (Å²) in [6.45, 7) is 0.919. The van der Waals surface area contributed by atoms with Crippen LogP contribution in [0, 0.1) is 17.8 Å². The third-order valence-corrected chi connectivity index (χ3v) is 4.53. The predicted octanol–water partition coefficient (Wildman–Crippen LogP) is 0.222. The van der Waals surface area contributed by atoms with Crippen molar-refractivity contribution in [3.8, 4) is 0 Å². The molecular weight excluding hydrogens is 188 g/mol. The average Bonchev–Trinajstić information content (AvgIpc) is 2.49. The van der Waals surface area contributed by atoms with Gasteiger partial charge in [0.1, 0.15) is 0 Å². The number of aliphatic carboxylic acids is 1. The van der Waals surface area contributed by atoms with E-state index in [1.165, 1.54) is 12.1 Å². The van der Waals surface area contributed by atoms with E-state index < -0.39 is 5.97 Å². The van der Waals surface area contributed by atoms with E-state index in [1.54, 1.807) is 0 Å². The average molecular weight is 200 g/mol. The second-order valence-electron chi connectivity index (χ2n) is 4.27. The van der Waals surface area contributed by atoms with Crippen LogP contribution in [-0.2, 0) is 4.79 Å². The van der Waals surface area contributed by atoms with Crippen molar-refractivity contribution < 1.29 is 9.90 Å². The Labute approximate surface area is 80.7 Å². The zero-order valence-electron chi connectivity index (χ0n) is 7.12. The molecule has 1 saturated heterocycles. The Balaban J connectivity index is 1.83. The maximum absolute atomic E-state index is 10.9. The fraction of sp³-hybridized carbons (Fsp3) is 0.875. The van der Waals surface area contributed by atoms with Gasteiger partial charge in [-0.2, -0.15) is 0 Å². The first-order chi connectivity index (χ1) is 6.25. The van der Waals surface area contributed by atoms with E-state index >= 15 is 0 Å². The minimum Gasteiger partial charge on any atom is -0.481 e. The van der Waals surface area contributed by atoms with Gasteiger partial charge in [0.05, 0.1) is 5.92 Å². The van der Waals surface area contributed by atoms with Crippen molar-refractivity contribution >= 4 is 18.1 Å². The zero-order valence-corrected chi connectivity index (χ0v) is 7.93. The van der Waals surface area contributed by atoms with E-state index in [0.717, 1.165) is 19.4 Å². The highest BCUT2D eigenvalue weighted by molar-refractivity contribution is 7.95. The van der Waals surface area contributed by atoms with Gasteiger partial charge < -0.3 is 5.11 Å². The summed E-state index contributed by atoms with van der Waals surface area (Å²) in [7, 11) is 0. The molecule has 5 heteroatoms. The molecule has 4 unspecified atom stereocenters. The lowest BCUT2D eigenvalue weighted by atomic mass is 9.92. The zero-order chi connectivity index (χ0) is 9.05. The minimum absolute atomic E-state index is 0.0678. The fourth-order valence-electron chi connectivity index (χ4n) is 3.08. The van der Waals surface area contributed by atoms with E-state index in [-0.39, 0.29) is 11.5 Å². The molecule has 3 aliphatic rings. The van der Waals surface area contributed by atoms with Crippen molar-refractivity contribution in [3.05, 3.63) is 0 Å². The molecule has 4 atom stereocenters. The van der Waals surface area contributed by atoms with Gasteiger partial charge >= 0.3 is 5.97 Å². The Bertz CT molecular complexity index is 259. The summed E-state index contributed by atoms with van der Waals surface area (Å²) in [5.74, 6) is 0.160. The van der Waals surface area contributed by atoms with Crippen molar-refractivity contribution in [1.82, 2.24) is 9.44 Å². The molecule has 0 radical (unpaired) electrons. The lowest BCUT2D eigenvalue weighted by Gasteiger charge is -2.24. The van der Waals surface area contributed by atoms with E-state index in [1.807, 2.05) is 0 Å². The Hall–Kier alpha value is -0.260. The van der Waals surface area contributed by atoms with Gasteiger partial charge in [-0.1, -0.05) is 0 Å². The molecule has 2 saturated carbocycles. The van der Waals surface area contributed by atoms with Crippen LogP contribution in [0.5, 0.6) is 0 Å². The molecule has 0 aromatic heterocycles. The molecule has 2 aliphatic carbocycles. The van der Waals surface area contributed by atoms with Crippen molar-refractivity contribution in [2.24, 2.45) is 17.8 Å². The largest absolute Gasteiger partial charge is 0.481 e. The molecule has 0 aromatic rings. The van der Waals surface area contributed by atoms with Crippen LogP contribution in [0.3, 0.4) is 0 Å². The molecule has 1 spiro atoms. The first kappa shape index (κ1) is 8.08. The molecule has 72 valence electrons. The van der Waals surface area contributed by atoms with Gasteiger partial charge in [-0.05, 0) is 24.7 Å². The van der Waals surface area contributed by atoms with Crippen molar-refractivity contribution in [2.75, 3.05) is 6.54 Å². The summed E-state index contributed by atoms with van der Waals surface area (Å²) in [5.41, 5.74) is 0.0956. The second kappa shape index (κ2) is 2.40. The lowest BCUT2D eigenvalue weighted by Crippen LogP contribution is -2.43. The van der Waals surface area contributed by atoms with Gasteiger partial charge in [-0.25, -0.2) is 9.44 Å². The monoisotopic (exact) mass is 200 g/mol. The maximum Gasteiger partial charge on any atom is 0.307 e. The summed E-state index contributed by atoms with van der Waals surface area (Å²) < 4.78 is 6.53. The summed E-state index contributed by atoms with van der Waals surface area (Å²) in [5, 5.41) is 8.95. The fourth-order valence-corrected chi connectivity index (χ4v) is 3.99. The smallest absolute Gasteiger partial charge is 0.307 e. The van der Waals surface area contributed by atoms with Crippen LogP contribution in [-0.4, -0.2) is 23.2 Å². The van der Waals surface area contributed by atoms with Crippen molar-refractivity contribution in [1.29, 1.82) is 0 Å². The van der Waals surface area contributed by atoms with Crippen LogP contribution in [0.2, 0.25) is 0 Å². The third kappa shape index (κ3) is 0.923. The highest BCUT2D eigenvalue weighted by Crippen LogP contribution is 2.63.